The van der Waals surface area contributed by atoms with Gasteiger partial charge in [0.25, 0.3) is 0 Å². The van der Waals surface area contributed by atoms with E-state index in [0.29, 0.717) is 0 Å². The van der Waals surface area contributed by atoms with Crippen LogP contribution >= 0.6 is 24.0 Å². The van der Waals surface area contributed by atoms with Crippen LogP contribution in [-0.2, 0) is 4.74 Å². The summed E-state index contributed by atoms with van der Waals surface area (Å²) in [4.78, 5) is 4.46. The van der Waals surface area contributed by atoms with E-state index < -0.39 is 0 Å². The van der Waals surface area contributed by atoms with Crippen molar-refractivity contribution in [3.63, 3.8) is 0 Å². The number of nitrogens with zero attached hydrogens (tertiary/aromatic N) is 1. The van der Waals surface area contributed by atoms with Gasteiger partial charge in [0.15, 0.2) is 5.96 Å². The molecular weight excluding hydrogens is 329 g/mol. The molecular formula is C12H28IN3O. The van der Waals surface area contributed by atoms with Crippen molar-refractivity contribution >= 4 is 29.9 Å². The van der Waals surface area contributed by atoms with Crippen LogP contribution in [0.5, 0.6) is 0 Å². The molecule has 0 aromatic heterocycles. The summed E-state index contributed by atoms with van der Waals surface area (Å²) in [6, 6.07) is 0. The Kier molecular flexibility index (Phi) is 18.1. The van der Waals surface area contributed by atoms with Gasteiger partial charge >= 0.3 is 0 Å². The Hall–Kier alpha value is -0.0400. The van der Waals surface area contributed by atoms with E-state index in [0.717, 1.165) is 38.6 Å². The second kappa shape index (κ2) is 16.0. The minimum atomic E-state index is 0. The molecule has 0 bridgehead atoms. The average Bonchev–Trinajstić information content (AvgIpc) is 2.30. The zero-order valence-corrected chi connectivity index (χ0v) is 13.8. The monoisotopic (exact) mass is 357 g/mol. The van der Waals surface area contributed by atoms with Crippen LogP contribution in [0.2, 0.25) is 0 Å². The molecule has 0 aliphatic heterocycles. The number of hydrogen-bond donors (Lipinski definition) is 2. The summed E-state index contributed by atoms with van der Waals surface area (Å²) in [5.41, 5.74) is 0. The van der Waals surface area contributed by atoms with E-state index in [-0.39, 0.29) is 24.0 Å². The van der Waals surface area contributed by atoms with Gasteiger partial charge in [-0.25, -0.2) is 0 Å². The van der Waals surface area contributed by atoms with E-state index in [1.54, 1.807) is 7.11 Å². The summed E-state index contributed by atoms with van der Waals surface area (Å²) in [6.45, 7) is 7.80. The number of unbranched alkanes of at least 4 members (excludes halogenated alkanes) is 2. The quantitative estimate of drug-likeness (QED) is 0.288. The summed E-state index contributed by atoms with van der Waals surface area (Å²) >= 11 is 0. The number of halogens is 1. The van der Waals surface area contributed by atoms with Crippen LogP contribution in [0.3, 0.4) is 0 Å². The lowest BCUT2D eigenvalue weighted by molar-refractivity contribution is 0.197. The molecule has 0 rings (SSSR count). The van der Waals surface area contributed by atoms with Crippen LogP contribution in [0.4, 0.5) is 0 Å². The second-order valence-electron chi connectivity index (χ2n) is 3.74. The summed E-state index contributed by atoms with van der Waals surface area (Å²) in [6.07, 6.45) is 4.71. The third-order valence-electron chi connectivity index (χ3n) is 2.19. The predicted octanol–water partition coefficient (Wildman–Crippen LogP) is 2.39. The van der Waals surface area contributed by atoms with Crippen molar-refractivity contribution in [1.82, 2.24) is 10.6 Å². The zero-order chi connectivity index (χ0) is 12.1. The normalized spacial score (nSPS) is 10.9. The molecule has 5 heteroatoms. The number of ether oxygens (including phenoxy) is 1. The Morgan fingerprint density at radius 1 is 1.12 bits per heavy atom. The van der Waals surface area contributed by atoms with Gasteiger partial charge in [0.2, 0.25) is 0 Å². The van der Waals surface area contributed by atoms with E-state index in [2.05, 4.69) is 29.5 Å². The first-order valence-electron chi connectivity index (χ1n) is 6.36. The minimum Gasteiger partial charge on any atom is -0.385 e. The molecule has 0 unspecified atom stereocenters. The highest BCUT2D eigenvalue weighted by Gasteiger charge is 1.95. The molecule has 0 amide bonds. The average molecular weight is 357 g/mol. The Labute approximate surface area is 123 Å². The SMILES string of the molecule is CCCCCNC(=NCCCOC)NCC.I. The third-order valence-corrected chi connectivity index (χ3v) is 2.19. The van der Waals surface area contributed by atoms with Crippen LogP contribution < -0.4 is 10.6 Å². The molecule has 2 N–H and O–H groups in total. The molecule has 0 fully saturated rings. The molecule has 0 aromatic carbocycles. The molecule has 0 aliphatic carbocycles. The highest BCUT2D eigenvalue weighted by atomic mass is 127. The molecule has 0 heterocycles. The number of methoxy groups -OCH3 is 1. The lowest BCUT2D eigenvalue weighted by atomic mass is 10.2. The summed E-state index contributed by atoms with van der Waals surface area (Å²) in [5.74, 6) is 0.926. The minimum absolute atomic E-state index is 0. The maximum atomic E-state index is 4.99. The zero-order valence-electron chi connectivity index (χ0n) is 11.4. The Morgan fingerprint density at radius 2 is 1.88 bits per heavy atom. The van der Waals surface area contributed by atoms with Gasteiger partial charge in [0.05, 0.1) is 0 Å². The Bertz CT molecular complexity index is 177. The van der Waals surface area contributed by atoms with Gasteiger partial charge < -0.3 is 15.4 Å². The van der Waals surface area contributed by atoms with Gasteiger partial charge in [-0.3, -0.25) is 4.99 Å². The van der Waals surface area contributed by atoms with Gasteiger partial charge in [-0.15, -0.1) is 24.0 Å². The second-order valence-corrected chi connectivity index (χ2v) is 3.74. The fourth-order valence-corrected chi connectivity index (χ4v) is 1.32. The summed E-state index contributed by atoms with van der Waals surface area (Å²) in [7, 11) is 1.72. The predicted molar refractivity (Wildman–Crippen MR) is 85.4 cm³/mol. The first kappa shape index (κ1) is 19.3. The van der Waals surface area contributed by atoms with Gasteiger partial charge in [0, 0.05) is 33.4 Å². The molecule has 0 aromatic rings. The Morgan fingerprint density at radius 3 is 2.47 bits per heavy atom. The third kappa shape index (κ3) is 13.9. The Balaban J connectivity index is 0. The molecule has 0 saturated carbocycles. The largest absolute Gasteiger partial charge is 0.385 e. The molecule has 0 aliphatic rings. The van der Waals surface area contributed by atoms with E-state index in [1.165, 1.54) is 19.3 Å². The molecule has 0 radical (unpaired) electrons. The van der Waals surface area contributed by atoms with Crippen LogP contribution in [-0.4, -0.2) is 39.3 Å². The topological polar surface area (TPSA) is 45.7 Å². The standard InChI is InChI=1S/C12H27N3O.HI/c1-4-6-7-9-14-12(13-5-2)15-10-8-11-16-3;/h4-11H2,1-3H3,(H2,13,14,15);1H. The van der Waals surface area contributed by atoms with Crippen molar-refractivity contribution in [2.45, 2.75) is 39.5 Å². The van der Waals surface area contributed by atoms with Gasteiger partial charge in [-0.2, -0.15) is 0 Å². The van der Waals surface area contributed by atoms with Crippen molar-refractivity contribution in [3.8, 4) is 0 Å². The lowest BCUT2D eigenvalue weighted by Gasteiger charge is -2.10. The highest BCUT2D eigenvalue weighted by Crippen LogP contribution is 1.91. The molecule has 104 valence electrons. The van der Waals surface area contributed by atoms with Crippen molar-refractivity contribution < 1.29 is 4.74 Å². The van der Waals surface area contributed by atoms with Crippen molar-refractivity contribution in [2.24, 2.45) is 4.99 Å². The van der Waals surface area contributed by atoms with Crippen molar-refractivity contribution in [1.29, 1.82) is 0 Å². The molecule has 4 nitrogen and oxygen atoms in total. The smallest absolute Gasteiger partial charge is 0.191 e. The van der Waals surface area contributed by atoms with Crippen molar-refractivity contribution in [3.05, 3.63) is 0 Å². The van der Waals surface area contributed by atoms with Gasteiger partial charge in [-0.1, -0.05) is 19.8 Å². The molecule has 0 saturated heterocycles. The number of guanidine groups is 1. The first-order chi connectivity index (χ1) is 7.85. The first-order valence-corrected chi connectivity index (χ1v) is 6.36. The molecule has 0 atom stereocenters. The van der Waals surface area contributed by atoms with E-state index in [1.807, 2.05) is 0 Å². The maximum Gasteiger partial charge on any atom is 0.191 e. The molecule has 0 spiro atoms. The van der Waals surface area contributed by atoms with Crippen LogP contribution in [0, 0.1) is 0 Å². The summed E-state index contributed by atoms with van der Waals surface area (Å²) < 4.78 is 4.99. The lowest BCUT2D eigenvalue weighted by Crippen LogP contribution is -2.37. The van der Waals surface area contributed by atoms with Crippen LogP contribution in [0.1, 0.15) is 39.5 Å². The van der Waals surface area contributed by atoms with Crippen LogP contribution in [0.15, 0.2) is 4.99 Å². The maximum absolute atomic E-state index is 4.99. The van der Waals surface area contributed by atoms with Crippen molar-refractivity contribution in [2.75, 3.05) is 33.4 Å². The number of hydrogen-bond acceptors (Lipinski definition) is 2. The summed E-state index contributed by atoms with van der Waals surface area (Å²) in [5, 5.41) is 6.56. The van der Waals surface area contributed by atoms with Crippen LogP contribution in [0.25, 0.3) is 0 Å². The number of aliphatic imine (C=N–C) groups is 1. The van der Waals surface area contributed by atoms with E-state index in [9.17, 15) is 0 Å². The highest BCUT2D eigenvalue weighted by molar-refractivity contribution is 14.0. The van der Waals surface area contributed by atoms with E-state index >= 15 is 0 Å². The fourth-order valence-electron chi connectivity index (χ4n) is 1.32. The van der Waals surface area contributed by atoms with E-state index in [4.69, 9.17) is 4.74 Å². The molecule has 17 heavy (non-hydrogen) atoms. The van der Waals surface area contributed by atoms with Gasteiger partial charge in [0.1, 0.15) is 0 Å². The number of nitrogens with one attached hydrogen (secondary N) is 2. The number of rotatable bonds is 9. The fraction of sp³-hybridized carbons (Fsp3) is 0.917. The van der Waals surface area contributed by atoms with Gasteiger partial charge in [-0.05, 0) is 19.8 Å².